The van der Waals surface area contributed by atoms with Gasteiger partial charge in [0, 0.05) is 24.2 Å². The minimum Gasteiger partial charge on any atom is -0.373 e. The Bertz CT molecular complexity index is 511. The summed E-state index contributed by atoms with van der Waals surface area (Å²) < 4.78 is 13.9. The molecule has 0 bridgehead atoms. The average molecular weight is 395 g/mol. The van der Waals surface area contributed by atoms with E-state index in [1.165, 1.54) is 6.07 Å². The van der Waals surface area contributed by atoms with Gasteiger partial charge in [0.1, 0.15) is 11.5 Å². The van der Waals surface area contributed by atoms with Gasteiger partial charge in [-0.3, -0.25) is 10.1 Å². The van der Waals surface area contributed by atoms with Gasteiger partial charge in [-0.05, 0) is 41.9 Å². The number of hydrogen-bond acceptors (Lipinski definition) is 4. The van der Waals surface area contributed by atoms with E-state index in [4.69, 9.17) is 5.73 Å². The van der Waals surface area contributed by atoms with E-state index in [2.05, 4.69) is 5.32 Å². The van der Waals surface area contributed by atoms with Crippen LogP contribution in [0.5, 0.6) is 0 Å². The van der Waals surface area contributed by atoms with E-state index < -0.39 is 16.3 Å². The number of halogens is 2. The lowest BCUT2D eigenvalue weighted by Crippen LogP contribution is -2.43. The summed E-state index contributed by atoms with van der Waals surface area (Å²) in [6.45, 7) is 6.26. The molecule has 20 heavy (non-hydrogen) atoms. The Labute approximate surface area is 131 Å². The minimum absolute atomic E-state index is 0.140. The number of nitro benzene ring substituents is 1. The summed E-state index contributed by atoms with van der Waals surface area (Å²) in [6, 6.07) is 2.39. The van der Waals surface area contributed by atoms with Crippen LogP contribution in [-0.2, 0) is 0 Å². The summed E-state index contributed by atoms with van der Waals surface area (Å²) in [4.78, 5) is 10.6. The molecule has 1 aromatic carbocycles. The van der Waals surface area contributed by atoms with Crippen molar-refractivity contribution in [2.45, 2.75) is 32.7 Å². The molecule has 3 N–H and O–H groups in total. The fourth-order valence-corrected chi connectivity index (χ4v) is 2.65. The van der Waals surface area contributed by atoms with Crippen LogP contribution in [-0.4, -0.2) is 17.0 Å². The molecule has 1 unspecified atom stereocenters. The van der Waals surface area contributed by atoms with Crippen molar-refractivity contribution in [3.63, 3.8) is 0 Å². The van der Waals surface area contributed by atoms with Crippen molar-refractivity contribution in [3.05, 3.63) is 31.6 Å². The molecule has 1 rings (SSSR count). The highest BCUT2D eigenvalue weighted by atomic mass is 127. The van der Waals surface area contributed by atoms with Crippen molar-refractivity contribution in [2.75, 3.05) is 11.9 Å². The van der Waals surface area contributed by atoms with Crippen molar-refractivity contribution in [2.24, 2.45) is 11.7 Å². The molecule has 0 aliphatic carbocycles. The molecule has 1 atom stereocenters. The normalized spacial score (nSPS) is 14.2. The van der Waals surface area contributed by atoms with E-state index in [1.54, 1.807) is 22.6 Å². The number of rotatable bonds is 6. The van der Waals surface area contributed by atoms with Crippen LogP contribution in [0.2, 0.25) is 0 Å². The average Bonchev–Trinajstić information content (AvgIpc) is 2.32. The zero-order valence-corrected chi connectivity index (χ0v) is 13.9. The molecule has 5 nitrogen and oxygen atoms in total. The van der Waals surface area contributed by atoms with Crippen LogP contribution in [0.15, 0.2) is 12.1 Å². The van der Waals surface area contributed by atoms with Crippen LogP contribution in [0, 0.1) is 25.4 Å². The number of nitrogens with zero attached hydrogens (tertiary/aromatic N) is 1. The second-order valence-corrected chi connectivity index (χ2v) is 6.69. The first-order valence-corrected chi connectivity index (χ1v) is 7.38. The highest BCUT2D eigenvalue weighted by molar-refractivity contribution is 14.1. The lowest BCUT2D eigenvalue weighted by molar-refractivity contribution is -0.384. The topological polar surface area (TPSA) is 81.2 Å². The quantitative estimate of drug-likeness (QED) is 0.439. The lowest BCUT2D eigenvalue weighted by Gasteiger charge is -2.32. The standard InChI is InChI=1S/C13H19FIN3O2/c1-8(2)6-13(3,7-16)17-11-4-9(14)10(15)5-12(11)18(19)20/h4-5,8,17H,6-7,16H2,1-3H3. The molecule has 1 aromatic rings. The molecule has 0 radical (unpaired) electrons. The predicted octanol–water partition coefficient (Wildman–Crippen LogP) is 3.51. The zero-order chi connectivity index (χ0) is 15.5. The molecule has 0 saturated carbocycles. The van der Waals surface area contributed by atoms with Gasteiger partial charge in [-0.25, -0.2) is 4.39 Å². The smallest absolute Gasteiger partial charge is 0.293 e. The monoisotopic (exact) mass is 395 g/mol. The molecule has 0 aromatic heterocycles. The second-order valence-electron chi connectivity index (χ2n) is 5.53. The zero-order valence-electron chi connectivity index (χ0n) is 11.7. The van der Waals surface area contributed by atoms with Gasteiger partial charge >= 0.3 is 0 Å². The molecule has 0 spiro atoms. The third kappa shape index (κ3) is 4.27. The third-order valence-corrected chi connectivity index (χ3v) is 3.81. The van der Waals surface area contributed by atoms with Gasteiger partial charge in [0.15, 0.2) is 0 Å². The number of benzene rings is 1. The minimum atomic E-state index is -0.518. The Hall–Kier alpha value is -0.960. The Morgan fingerprint density at radius 3 is 2.60 bits per heavy atom. The highest BCUT2D eigenvalue weighted by Crippen LogP contribution is 2.32. The fourth-order valence-electron chi connectivity index (χ4n) is 2.20. The van der Waals surface area contributed by atoms with Gasteiger partial charge in [0.05, 0.1) is 8.49 Å². The fraction of sp³-hybridized carbons (Fsp3) is 0.538. The molecule has 0 fully saturated rings. The highest BCUT2D eigenvalue weighted by Gasteiger charge is 2.27. The summed E-state index contributed by atoms with van der Waals surface area (Å²) in [6.07, 6.45) is 0.730. The van der Waals surface area contributed by atoms with Crippen molar-refractivity contribution in [1.82, 2.24) is 0 Å². The van der Waals surface area contributed by atoms with E-state index in [-0.39, 0.29) is 14.9 Å². The van der Waals surface area contributed by atoms with Crippen LogP contribution < -0.4 is 11.1 Å². The van der Waals surface area contributed by atoms with E-state index in [1.807, 2.05) is 20.8 Å². The van der Waals surface area contributed by atoms with Crippen LogP contribution in [0.4, 0.5) is 15.8 Å². The summed E-state index contributed by atoms with van der Waals surface area (Å²) in [5, 5.41) is 14.1. The molecule has 0 heterocycles. The number of nitro groups is 1. The van der Waals surface area contributed by atoms with Gasteiger partial charge in [0.25, 0.3) is 5.69 Å². The van der Waals surface area contributed by atoms with Crippen LogP contribution in [0.1, 0.15) is 27.2 Å². The van der Waals surface area contributed by atoms with Crippen molar-refractivity contribution in [3.8, 4) is 0 Å². The summed E-state index contributed by atoms with van der Waals surface area (Å²) in [5.41, 5.74) is 5.28. The van der Waals surface area contributed by atoms with Crippen LogP contribution in [0.3, 0.4) is 0 Å². The first-order chi connectivity index (χ1) is 9.18. The van der Waals surface area contributed by atoms with Gasteiger partial charge in [0.2, 0.25) is 0 Å². The summed E-state index contributed by atoms with van der Waals surface area (Å²) in [7, 11) is 0. The Kier molecular flexibility index (Phi) is 5.69. The van der Waals surface area contributed by atoms with Crippen molar-refractivity contribution < 1.29 is 9.31 Å². The van der Waals surface area contributed by atoms with Gasteiger partial charge in [-0.1, -0.05) is 13.8 Å². The summed E-state index contributed by atoms with van der Waals surface area (Å²) in [5.74, 6) is -0.119. The van der Waals surface area contributed by atoms with Crippen LogP contribution >= 0.6 is 22.6 Å². The SMILES string of the molecule is CC(C)CC(C)(CN)Nc1cc(F)c(I)cc1[N+](=O)[O-]. The molecule has 112 valence electrons. The van der Waals surface area contributed by atoms with Gasteiger partial charge < -0.3 is 11.1 Å². The van der Waals surface area contributed by atoms with E-state index >= 15 is 0 Å². The van der Waals surface area contributed by atoms with Gasteiger partial charge in [-0.15, -0.1) is 0 Å². The predicted molar refractivity (Wildman–Crippen MR) is 86.3 cm³/mol. The Morgan fingerprint density at radius 1 is 1.55 bits per heavy atom. The molecule has 0 amide bonds. The Morgan fingerprint density at radius 2 is 2.15 bits per heavy atom. The van der Waals surface area contributed by atoms with Crippen LogP contribution in [0.25, 0.3) is 0 Å². The number of anilines is 1. The van der Waals surface area contributed by atoms with Gasteiger partial charge in [-0.2, -0.15) is 0 Å². The maximum Gasteiger partial charge on any atom is 0.293 e. The third-order valence-electron chi connectivity index (χ3n) is 2.98. The number of nitrogens with one attached hydrogen (secondary N) is 1. The number of nitrogens with two attached hydrogens (primary N) is 1. The molecule has 0 aliphatic heterocycles. The molecule has 0 saturated heterocycles. The van der Waals surface area contributed by atoms with E-state index in [0.29, 0.717) is 12.5 Å². The molecular formula is C13H19FIN3O2. The first-order valence-electron chi connectivity index (χ1n) is 6.30. The maximum atomic E-state index is 13.7. The largest absolute Gasteiger partial charge is 0.373 e. The molecule has 7 heteroatoms. The Balaban J connectivity index is 3.18. The molecular weight excluding hydrogens is 376 g/mol. The van der Waals surface area contributed by atoms with Crippen molar-refractivity contribution in [1.29, 1.82) is 0 Å². The second kappa shape index (κ2) is 6.66. The summed E-state index contributed by atoms with van der Waals surface area (Å²) >= 11 is 1.73. The van der Waals surface area contributed by atoms with E-state index in [0.717, 1.165) is 12.5 Å². The number of hydrogen-bond donors (Lipinski definition) is 2. The van der Waals surface area contributed by atoms with E-state index in [9.17, 15) is 14.5 Å². The lowest BCUT2D eigenvalue weighted by atomic mass is 9.90. The maximum absolute atomic E-state index is 13.7. The van der Waals surface area contributed by atoms with Crippen molar-refractivity contribution >= 4 is 34.0 Å². The first kappa shape index (κ1) is 17.1. The molecule has 0 aliphatic rings.